The van der Waals surface area contributed by atoms with Crippen LogP contribution in [0.1, 0.15) is 56.6 Å². The quantitative estimate of drug-likeness (QED) is 0.860. The van der Waals surface area contributed by atoms with E-state index in [-0.39, 0.29) is 5.91 Å². The molecule has 2 aliphatic heterocycles. The molecule has 1 fully saturated rings. The van der Waals surface area contributed by atoms with E-state index in [1.54, 1.807) is 0 Å². The first-order valence-electron chi connectivity index (χ1n) is 8.93. The standard InChI is InChI=1S/C18H28N4O/c1-13(2)11-17(23)22-10-7-16-15(12-22)18(20-14(3)19-16)21-8-5-4-6-9-21/h13H,4-12H2,1-3H3. The number of carbonyl (C=O) groups excluding carboxylic acids is 1. The summed E-state index contributed by atoms with van der Waals surface area (Å²) in [6.45, 7) is 9.78. The van der Waals surface area contributed by atoms with Crippen LogP contribution in [0, 0.1) is 12.8 Å². The van der Waals surface area contributed by atoms with Gasteiger partial charge in [-0.05, 0) is 32.1 Å². The van der Waals surface area contributed by atoms with Crippen LogP contribution in [0.4, 0.5) is 5.82 Å². The molecule has 23 heavy (non-hydrogen) atoms. The van der Waals surface area contributed by atoms with Gasteiger partial charge in [-0.2, -0.15) is 0 Å². The average molecular weight is 316 g/mol. The number of aromatic nitrogens is 2. The van der Waals surface area contributed by atoms with E-state index in [0.29, 0.717) is 18.9 Å². The number of amides is 1. The summed E-state index contributed by atoms with van der Waals surface area (Å²) in [5, 5.41) is 0. The highest BCUT2D eigenvalue weighted by Gasteiger charge is 2.27. The molecule has 0 atom stereocenters. The van der Waals surface area contributed by atoms with Gasteiger partial charge in [0.15, 0.2) is 0 Å². The van der Waals surface area contributed by atoms with Crippen molar-refractivity contribution in [2.45, 2.75) is 59.4 Å². The Kier molecular flexibility index (Phi) is 4.83. The minimum atomic E-state index is 0.260. The van der Waals surface area contributed by atoms with Crippen LogP contribution in [-0.4, -0.2) is 40.4 Å². The second-order valence-electron chi connectivity index (χ2n) is 7.23. The number of hydrogen-bond donors (Lipinski definition) is 0. The van der Waals surface area contributed by atoms with Crippen molar-refractivity contribution < 1.29 is 4.79 Å². The first-order valence-corrected chi connectivity index (χ1v) is 8.93. The predicted molar refractivity (Wildman–Crippen MR) is 91.4 cm³/mol. The van der Waals surface area contributed by atoms with E-state index < -0.39 is 0 Å². The van der Waals surface area contributed by atoms with Crippen molar-refractivity contribution in [3.63, 3.8) is 0 Å². The highest BCUT2D eigenvalue weighted by atomic mass is 16.2. The molecule has 5 nitrogen and oxygen atoms in total. The number of anilines is 1. The maximum absolute atomic E-state index is 12.4. The van der Waals surface area contributed by atoms with E-state index in [4.69, 9.17) is 4.98 Å². The highest BCUT2D eigenvalue weighted by molar-refractivity contribution is 5.77. The molecule has 0 radical (unpaired) electrons. The van der Waals surface area contributed by atoms with Gasteiger partial charge in [0.05, 0.1) is 12.2 Å². The Morgan fingerprint density at radius 1 is 1.13 bits per heavy atom. The molecule has 5 heteroatoms. The Morgan fingerprint density at radius 3 is 2.57 bits per heavy atom. The fourth-order valence-electron chi connectivity index (χ4n) is 3.58. The van der Waals surface area contributed by atoms with Crippen LogP contribution in [0.5, 0.6) is 0 Å². The van der Waals surface area contributed by atoms with E-state index in [0.717, 1.165) is 43.4 Å². The lowest BCUT2D eigenvalue weighted by Gasteiger charge is -2.34. The molecule has 1 aromatic heterocycles. The van der Waals surface area contributed by atoms with E-state index in [1.807, 2.05) is 11.8 Å². The molecule has 0 bridgehead atoms. The Hall–Kier alpha value is -1.65. The second kappa shape index (κ2) is 6.85. The van der Waals surface area contributed by atoms with Gasteiger partial charge in [-0.25, -0.2) is 9.97 Å². The Bertz CT molecular complexity index is 579. The van der Waals surface area contributed by atoms with E-state index >= 15 is 0 Å². The number of piperidine rings is 1. The first kappa shape index (κ1) is 16.2. The summed E-state index contributed by atoms with van der Waals surface area (Å²) in [4.78, 5) is 26.2. The molecule has 0 spiro atoms. The highest BCUT2D eigenvalue weighted by Crippen LogP contribution is 2.29. The van der Waals surface area contributed by atoms with Crippen molar-refractivity contribution in [1.29, 1.82) is 0 Å². The molecule has 0 saturated carbocycles. The summed E-state index contributed by atoms with van der Waals surface area (Å²) in [5.41, 5.74) is 2.33. The lowest BCUT2D eigenvalue weighted by Crippen LogP contribution is -2.39. The van der Waals surface area contributed by atoms with Gasteiger partial charge in [-0.15, -0.1) is 0 Å². The molecule has 3 rings (SSSR count). The van der Waals surface area contributed by atoms with Gasteiger partial charge in [-0.1, -0.05) is 13.8 Å². The number of aryl methyl sites for hydroxylation is 1. The summed E-state index contributed by atoms with van der Waals surface area (Å²) in [6.07, 6.45) is 5.24. The SMILES string of the molecule is Cc1nc2c(c(N3CCCCC3)n1)CN(C(=O)CC(C)C)CC2. The van der Waals surface area contributed by atoms with Crippen LogP contribution in [0.3, 0.4) is 0 Å². The fraction of sp³-hybridized carbons (Fsp3) is 0.722. The Balaban J connectivity index is 1.86. The van der Waals surface area contributed by atoms with Gasteiger partial charge in [-0.3, -0.25) is 4.79 Å². The smallest absolute Gasteiger partial charge is 0.223 e. The van der Waals surface area contributed by atoms with Crippen LogP contribution in [0.15, 0.2) is 0 Å². The van der Waals surface area contributed by atoms with Crippen LogP contribution in [0.25, 0.3) is 0 Å². The summed E-state index contributed by atoms with van der Waals surface area (Å²) in [5.74, 6) is 2.59. The van der Waals surface area contributed by atoms with Crippen LogP contribution in [-0.2, 0) is 17.8 Å². The molecule has 2 aliphatic rings. The second-order valence-corrected chi connectivity index (χ2v) is 7.23. The minimum Gasteiger partial charge on any atom is -0.356 e. The number of carbonyl (C=O) groups is 1. The molecule has 1 saturated heterocycles. The number of fused-ring (bicyclic) bond motifs is 1. The molecule has 1 amide bonds. The number of nitrogens with zero attached hydrogens (tertiary/aromatic N) is 4. The molecular weight excluding hydrogens is 288 g/mol. The lowest BCUT2D eigenvalue weighted by atomic mass is 10.0. The van der Waals surface area contributed by atoms with Crippen molar-refractivity contribution in [2.75, 3.05) is 24.5 Å². The molecular formula is C18H28N4O. The number of hydrogen-bond acceptors (Lipinski definition) is 4. The molecule has 0 aromatic carbocycles. The summed E-state index contributed by atoms with van der Waals surface area (Å²) in [6, 6.07) is 0. The average Bonchev–Trinajstić information content (AvgIpc) is 2.53. The van der Waals surface area contributed by atoms with Crippen molar-refractivity contribution in [3.8, 4) is 0 Å². The van der Waals surface area contributed by atoms with Gasteiger partial charge in [0.2, 0.25) is 5.91 Å². The molecule has 3 heterocycles. The normalized spacial score (nSPS) is 18.3. The van der Waals surface area contributed by atoms with Gasteiger partial charge >= 0.3 is 0 Å². The van der Waals surface area contributed by atoms with Crippen molar-refractivity contribution in [2.24, 2.45) is 5.92 Å². The number of rotatable bonds is 3. The molecule has 0 N–H and O–H groups in total. The van der Waals surface area contributed by atoms with Crippen molar-refractivity contribution >= 4 is 11.7 Å². The summed E-state index contributed by atoms with van der Waals surface area (Å²) in [7, 11) is 0. The largest absolute Gasteiger partial charge is 0.356 e. The Morgan fingerprint density at radius 2 is 1.87 bits per heavy atom. The van der Waals surface area contributed by atoms with Crippen LogP contribution in [0.2, 0.25) is 0 Å². The monoisotopic (exact) mass is 316 g/mol. The van der Waals surface area contributed by atoms with Gasteiger partial charge < -0.3 is 9.80 Å². The lowest BCUT2D eigenvalue weighted by molar-refractivity contribution is -0.132. The zero-order chi connectivity index (χ0) is 16.4. The zero-order valence-corrected chi connectivity index (χ0v) is 14.6. The summed E-state index contributed by atoms with van der Waals surface area (Å²) >= 11 is 0. The van der Waals surface area contributed by atoms with Crippen LogP contribution < -0.4 is 4.90 Å². The van der Waals surface area contributed by atoms with E-state index in [1.165, 1.54) is 24.8 Å². The van der Waals surface area contributed by atoms with Crippen molar-refractivity contribution in [1.82, 2.24) is 14.9 Å². The maximum Gasteiger partial charge on any atom is 0.223 e. The minimum absolute atomic E-state index is 0.260. The third-order valence-electron chi connectivity index (χ3n) is 4.74. The Labute approximate surface area is 139 Å². The topological polar surface area (TPSA) is 49.3 Å². The zero-order valence-electron chi connectivity index (χ0n) is 14.6. The fourth-order valence-corrected chi connectivity index (χ4v) is 3.58. The third-order valence-corrected chi connectivity index (χ3v) is 4.74. The molecule has 126 valence electrons. The van der Waals surface area contributed by atoms with Crippen LogP contribution >= 0.6 is 0 Å². The third kappa shape index (κ3) is 3.65. The van der Waals surface area contributed by atoms with Crippen molar-refractivity contribution in [3.05, 3.63) is 17.1 Å². The van der Waals surface area contributed by atoms with E-state index in [9.17, 15) is 4.79 Å². The molecule has 0 aliphatic carbocycles. The predicted octanol–water partition coefficient (Wildman–Crippen LogP) is 2.71. The van der Waals surface area contributed by atoms with Gasteiger partial charge in [0.25, 0.3) is 0 Å². The maximum atomic E-state index is 12.4. The van der Waals surface area contributed by atoms with E-state index in [2.05, 4.69) is 23.7 Å². The summed E-state index contributed by atoms with van der Waals surface area (Å²) < 4.78 is 0. The molecule has 1 aromatic rings. The first-order chi connectivity index (χ1) is 11.0. The molecule has 0 unspecified atom stereocenters. The van der Waals surface area contributed by atoms with Gasteiger partial charge in [0, 0.05) is 38.0 Å². The van der Waals surface area contributed by atoms with Gasteiger partial charge in [0.1, 0.15) is 11.6 Å².